The monoisotopic (exact) mass is 390 g/mol. The molecule has 1 aliphatic heterocycles. The van der Waals surface area contributed by atoms with Crippen molar-refractivity contribution in [2.45, 2.75) is 12.0 Å². The van der Waals surface area contributed by atoms with E-state index in [0.29, 0.717) is 31.2 Å². The third kappa shape index (κ3) is 2.82. The number of fused-ring (bicyclic) bond motifs is 1. The van der Waals surface area contributed by atoms with Gasteiger partial charge < -0.3 is 15.0 Å². The number of aromatic nitrogens is 7. The molecule has 29 heavy (non-hydrogen) atoms. The van der Waals surface area contributed by atoms with Crippen LogP contribution in [0.3, 0.4) is 0 Å². The molecule has 11 nitrogen and oxygen atoms in total. The maximum absolute atomic E-state index is 9.36. The minimum atomic E-state index is -0.393. The molecule has 0 spiro atoms. The standard InChI is InChI=1S/C18H18N10O/c1-29-14-9-22-28(10-14)18(4-5-19)11-26(12-18)15-3-2-6-27-16(15)24-17(25-27)23-13-7-20-21-8-13/h2-3,6-10H,4,11-12H2,1H3,(H,20,21)(H,23,25). The number of nitrogens with one attached hydrogen (secondary N) is 2. The van der Waals surface area contributed by atoms with E-state index < -0.39 is 5.54 Å². The molecule has 4 aromatic rings. The van der Waals surface area contributed by atoms with Crippen LogP contribution in [0.5, 0.6) is 5.75 Å². The zero-order chi connectivity index (χ0) is 19.8. The summed E-state index contributed by atoms with van der Waals surface area (Å²) in [5, 5.41) is 28.0. The van der Waals surface area contributed by atoms with E-state index in [-0.39, 0.29) is 0 Å². The van der Waals surface area contributed by atoms with Crippen LogP contribution in [0.2, 0.25) is 0 Å². The van der Waals surface area contributed by atoms with E-state index in [1.54, 1.807) is 30.2 Å². The summed E-state index contributed by atoms with van der Waals surface area (Å²) in [7, 11) is 1.60. The summed E-state index contributed by atoms with van der Waals surface area (Å²) in [4.78, 5) is 6.80. The maximum Gasteiger partial charge on any atom is 0.247 e. The number of pyridine rings is 1. The lowest BCUT2D eigenvalue weighted by molar-refractivity contribution is 0.198. The quantitative estimate of drug-likeness (QED) is 0.508. The van der Waals surface area contributed by atoms with Gasteiger partial charge in [-0.2, -0.15) is 20.4 Å². The molecule has 1 aliphatic rings. The topological polar surface area (TPSA) is 125 Å². The number of rotatable bonds is 6. The average Bonchev–Trinajstić information content (AvgIpc) is 3.44. The molecule has 0 bridgehead atoms. The molecule has 0 unspecified atom stereocenters. The molecule has 1 fully saturated rings. The Kier molecular flexibility index (Phi) is 3.83. The first-order valence-electron chi connectivity index (χ1n) is 9.03. The van der Waals surface area contributed by atoms with Gasteiger partial charge in [-0.1, -0.05) is 0 Å². The fourth-order valence-corrected chi connectivity index (χ4v) is 3.63. The Labute approximate surface area is 165 Å². The normalized spacial score (nSPS) is 15.1. The fourth-order valence-electron chi connectivity index (χ4n) is 3.63. The molecule has 2 N–H and O–H groups in total. The molecule has 5 heterocycles. The minimum Gasteiger partial charge on any atom is -0.493 e. The van der Waals surface area contributed by atoms with E-state index in [4.69, 9.17) is 4.74 Å². The molecule has 0 saturated carbocycles. The molecule has 0 aromatic carbocycles. The largest absolute Gasteiger partial charge is 0.493 e. The lowest BCUT2D eigenvalue weighted by Gasteiger charge is -2.50. The Morgan fingerprint density at radius 2 is 2.28 bits per heavy atom. The van der Waals surface area contributed by atoms with Crippen LogP contribution in [0.25, 0.3) is 5.65 Å². The van der Waals surface area contributed by atoms with Gasteiger partial charge in [-0.3, -0.25) is 9.78 Å². The molecule has 4 aromatic heterocycles. The minimum absolute atomic E-state index is 0.359. The van der Waals surface area contributed by atoms with E-state index in [9.17, 15) is 5.26 Å². The van der Waals surface area contributed by atoms with Crippen molar-refractivity contribution in [1.29, 1.82) is 5.26 Å². The van der Waals surface area contributed by atoms with Gasteiger partial charge in [-0.25, -0.2) is 4.52 Å². The summed E-state index contributed by atoms with van der Waals surface area (Å²) in [6, 6.07) is 6.23. The predicted molar refractivity (Wildman–Crippen MR) is 104 cm³/mol. The number of ether oxygens (including phenoxy) is 1. The van der Waals surface area contributed by atoms with Gasteiger partial charge in [0.25, 0.3) is 0 Å². The second kappa shape index (κ2) is 6.52. The number of H-pyrrole nitrogens is 1. The first-order valence-corrected chi connectivity index (χ1v) is 9.03. The Bertz CT molecular complexity index is 1180. The van der Waals surface area contributed by atoms with Crippen LogP contribution >= 0.6 is 0 Å². The molecule has 0 radical (unpaired) electrons. The summed E-state index contributed by atoms with van der Waals surface area (Å²) in [6.07, 6.45) is 9.10. The number of hydrogen-bond donors (Lipinski definition) is 2. The predicted octanol–water partition coefficient (Wildman–Crippen LogP) is 1.53. The first-order chi connectivity index (χ1) is 14.2. The van der Waals surface area contributed by atoms with Crippen molar-refractivity contribution in [3.63, 3.8) is 0 Å². The van der Waals surface area contributed by atoms with Crippen molar-refractivity contribution < 1.29 is 4.74 Å². The molecular weight excluding hydrogens is 372 g/mol. The summed E-state index contributed by atoms with van der Waals surface area (Å²) in [5.41, 5.74) is 2.08. The maximum atomic E-state index is 9.36. The lowest BCUT2D eigenvalue weighted by Crippen LogP contribution is -2.63. The van der Waals surface area contributed by atoms with Gasteiger partial charge >= 0.3 is 0 Å². The third-order valence-corrected chi connectivity index (χ3v) is 5.10. The highest BCUT2D eigenvalue weighted by Gasteiger charge is 2.46. The van der Waals surface area contributed by atoms with E-state index in [2.05, 4.69) is 41.7 Å². The highest BCUT2D eigenvalue weighted by molar-refractivity contribution is 5.72. The summed E-state index contributed by atoms with van der Waals surface area (Å²) in [6.45, 7) is 1.28. The van der Waals surface area contributed by atoms with Gasteiger partial charge in [0.15, 0.2) is 11.4 Å². The van der Waals surface area contributed by atoms with Crippen molar-refractivity contribution in [2.75, 3.05) is 30.4 Å². The molecule has 1 saturated heterocycles. The summed E-state index contributed by atoms with van der Waals surface area (Å²) in [5.74, 6) is 1.16. The van der Waals surface area contributed by atoms with Gasteiger partial charge in [0.1, 0.15) is 5.54 Å². The molecule has 0 atom stereocenters. The van der Waals surface area contributed by atoms with Gasteiger partial charge in [-0.05, 0) is 12.1 Å². The zero-order valence-electron chi connectivity index (χ0n) is 15.6. The first kappa shape index (κ1) is 17.1. The fraction of sp³-hybridized carbons (Fsp3) is 0.278. The van der Waals surface area contributed by atoms with E-state index in [1.165, 1.54) is 0 Å². The van der Waals surface area contributed by atoms with Crippen LogP contribution in [-0.4, -0.2) is 54.8 Å². The number of anilines is 3. The molecule has 0 amide bonds. The Morgan fingerprint density at radius 3 is 3.00 bits per heavy atom. The molecule has 0 aliphatic carbocycles. The molecule has 11 heteroatoms. The zero-order valence-corrected chi connectivity index (χ0v) is 15.6. The number of nitriles is 1. The van der Waals surface area contributed by atoms with Crippen molar-refractivity contribution >= 4 is 23.0 Å². The highest BCUT2D eigenvalue weighted by Crippen LogP contribution is 2.37. The number of nitrogens with zero attached hydrogens (tertiary/aromatic N) is 8. The Hall–Kier alpha value is -4.07. The van der Waals surface area contributed by atoms with E-state index >= 15 is 0 Å². The van der Waals surface area contributed by atoms with Crippen LogP contribution in [0.15, 0.2) is 43.1 Å². The number of methoxy groups -OCH3 is 1. The van der Waals surface area contributed by atoms with Crippen molar-refractivity contribution in [1.82, 2.24) is 34.6 Å². The summed E-state index contributed by atoms with van der Waals surface area (Å²) >= 11 is 0. The van der Waals surface area contributed by atoms with E-state index in [1.807, 2.05) is 29.2 Å². The van der Waals surface area contributed by atoms with Gasteiger partial charge in [-0.15, -0.1) is 5.10 Å². The summed E-state index contributed by atoms with van der Waals surface area (Å²) < 4.78 is 8.81. The molecule has 146 valence electrons. The van der Waals surface area contributed by atoms with Crippen LogP contribution in [0.1, 0.15) is 6.42 Å². The van der Waals surface area contributed by atoms with Crippen LogP contribution < -0.4 is 15.0 Å². The average molecular weight is 390 g/mol. The second-order valence-corrected chi connectivity index (χ2v) is 6.95. The van der Waals surface area contributed by atoms with E-state index in [0.717, 1.165) is 17.0 Å². The van der Waals surface area contributed by atoms with Gasteiger partial charge in [0, 0.05) is 25.5 Å². The second-order valence-electron chi connectivity index (χ2n) is 6.95. The van der Waals surface area contributed by atoms with Crippen molar-refractivity contribution in [2.24, 2.45) is 0 Å². The number of hydrogen-bond acceptors (Lipinski definition) is 8. The Morgan fingerprint density at radius 1 is 1.38 bits per heavy atom. The highest BCUT2D eigenvalue weighted by atomic mass is 16.5. The third-order valence-electron chi connectivity index (χ3n) is 5.10. The van der Waals surface area contributed by atoms with Crippen LogP contribution in [0, 0.1) is 11.3 Å². The molecule has 5 rings (SSSR count). The van der Waals surface area contributed by atoms with Crippen LogP contribution in [0.4, 0.5) is 17.3 Å². The molecular formula is C18H18N10O. The van der Waals surface area contributed by atoms with Gasteiger partial charge in [0.2, 0.25) is 5.95 Å². The van der Waals surface area contributed by atoms with Crippen molar-refractivity contribution in [3.8, 4) is 11.8 Å². The smallest absolute Gasteiger partial charge is 0.247 e. The lowest BCUT2D eigenvalue weighted by atomic mass is 9.86. The van der Waals surface area contributed by atoms with Gasteiger partial charge in [0.05, 0.1) is 49.6 Å². The number of aromatic amines is 1. The SMILES string of the molecule is COc1cnn(C2(CC#N)CN(c3cccn4nc(Nc5cn[nH]c5)nc34)C2)c1. The van der Waals surface area contributed by atoms with Crippen LogP contribution in [-0.2, 0) is 5.54 Å². The van der Waals surface area contributed by atoms with Crippen molar-refractivity contribution in [3.05, 3.63) is 43.1 Å². The Balaban J connectivity index is 1.43.